The summed E-state index contributed by atoms with van der Waals surface area (Å²) in [6, 6.07) is 0. The highest BCUT2D eigenvalue weighted by atomic mass is 16.5. The number of rotatable bonds is 0. The van der Waals surface area contributed by atoms with Gasteiger partial charge in [0.15, 0.2) is 0 Å². The fourth-order valence-corrected chi connectivity index (χ4v) is 2.83. The maximum absolute atomic E-state index is 5.78. The fourth-order valence-electron chi connectivity index (χ4n) is 2.83. The summed E-state index contributed by atoms with van der Waals surface area (Å²) in [7, 11) is 0. The molecule has 0 unspecified atom stereocenters. The second kappa shape index (κ2) is 2.22. The molecule has 2 aliphatic rings. The molecule has 0 aromatic carbocycles. The van der Waals surface area contributed by atoms with Crippen LogP contribution in [0, 0.1) is 17.8 Å². The second-order valence-corrected chi connectivity index (χ2v) is 4.74. The summed E-state index contributed by atoms with van der Waals surface area (Å²) in [5, 5.41) is 0. The van der Waals surface area contributed by atoms with E-state index in [9.17, 15) is 0 Å². The Hall–Kier alpha value is -0.0400. The van der Waals surface area contributed by atoms with Crippen molar-refractivity contribution in [1.29, 1.82) is 0 Å². The Kier molecular flexibility index (Phi) is 1.54. The molecule has 3 atom stereocenters. The van der Waals surface area contributed by atoms with E-state index >= 15 is 0 Å². The van der Waals surface area contributed by atoms with Crippen LogP contribution in [0.3, 0.4) is 0 Å². The van der Waals surface area contributed by atoms with E-state index in [1.165, 1.54) is 12.8 Å². The molecule has 1 heteroatoms. The third-order valence-electron chi connectivity index (χ3n) is 3.72. The topological polar surface area (TPSA) is 9.23 Å². The molecule has 1 saturated carbocycles. The molecule has 1 saturated heterocycles. The van der Waals surface area contributed by atoms with Gasteiger partial charge in [-0.1, -0.05) is 6.92 Å². The van der Waals surface area contributed by atoms with Crippen molar-refractivity contribution < 1.29 is 4.74 Å². The zero-order valence-electron chi connectivity index (χ0n) is 7.76. The fraction of sp³-hybridized carbons (Fsp3) is 1.00. The van der Waals surface area contributed by atoms with E-state index in [0.717, 1.165) is 24.4 Å². The average Bonchev–Trinajstić information content (AvgIpc) is 2.39. The quantitative estimate of drug-likeness (QED) is 0.521. The zero-order chi connectivity index (χ0) is 8.06. The Balaban J connectivity index is 2.17. The van der Waals surface area contributed by atoms with E-state index in [4.69, 9.17) is 4.74 Å². The summed E-state index contributed by atoms with van der Waals surface area (Å²) in [6.45, 7) is 7.87. The molecule has 0 aromatic heterocycles. The molecule has 1 nitrogen and oxygen atoms in total. The van der Waals surface area contributed by atoms with Gasteiger partial charge >= 0.3 is 0 Å². The van der Waals surface area contributed by atoms with Crippen LogP contribution in [0.25, 0.3) is 0 Å². The highest BCUT2D eigenvalue weighted by Gasteiger charge is 2.48. The van der Waals surface area contributed by atoms with Gasteiger partial charge in [0.25, 0.3) is 0 Å². The molecular weight excluding hydrogens is 136 g/mol. The van der Waals surface area contributed by atoms with Gasteiger partial charge in [-0.05, 0) is 44.4 Å². The Labute approximate surface area is 69.1 Å². The molecule has 2 fully saturated rings. The smallest absolute Gasteiger partial charge is 0.0658 e. The summed E-state index contributed by atoms with van der Waals surface area (Å²) in [6.07, 6.45) is 2.81. The van der Waals surface area contributed by atoms with Crippen molar-refractivity contribution in [3.05, 3.63) is 0 Å². The van der Waals surface area contributed by atoms with E-state index in [1.807, 2.05) is 0 Å². The van der Waals surface area contributed by atoms with Crippen molar-refractivity contribution in [2.75, 3.05) is 6.61 Å². The first-order valence-corrected chi connectivity index (χ1v) is 4.75. The maximum atomic E-state index is 5.78. The lowest BCUT2D eigenvalue weighted by atomic mass is 9.84. The number of fused-ring (bicyclic) bond motifs is 1. The maximum Gasteiger partial charge on any atom is 0.0658 e. The molecule has 1 aliphatic heterocycles. The molecule has 1 heterocycles. The first-order chi connectivity index (χ1) is 5.11. The minimum atomic E-state index is 0.176. The van der Waals surface area contributed by atoms with Crippen LogP contribution >= 0.6 is 0 Å². The molecule has 1 aliphatic carbocycles. The zero-order valence-corrected chi connectivity index (χ0v) is 7.76. The summed E-state index contributed by atoms with van der Waals surface area (Å²) < 4.78 is 5.78. The molecule has 0 aromatic rings. The Bertz CT molecular complexity index is 162. The summed E-state index contributed by atoms with van der Waals surface area (Å²) >= 11 is 0. The molecule has 11 heavy (non-hydrogen) atoms. The van der Waals surface area contributed by atoms with E-state index in [2.05, 4.69) is 20.8 Å². The van der Waals surface area contributed by atoms with Crippen molar-refractivity contribution in [3.8, 4) is 0 Å². The highest BCUT2D eigenvalue weighted by molar-refractivity contribution is 4.96. The molecule has 0 bridgehead atoms. The molecule has 0 N–H and O–H groups in total. The standard InChI is InChI=1S/C10H18O/c1-7-4-5-9-8(7)6-11-10(9,2)3/h7-9H,4-6H2,1-3H3/t7-,8-,9+/m1/s1. The van der Waals surface area contributed by atoms with Crippen molar-refractivity contribution >= 4 is 0 Å². The van der Waals surface area contributed by atoms with Crippen LogP contribution in [0.1, 0.15) is 33.6 Å². The average molecular weight is 154 g/mol. The monoisotopic (exact) mass is 154 g/mol. The number of ether oxygens (including phenoxy) is 1. The summed E-state index contributed by atoms with van der Waals surface area (Å²) in [5.41, 5.74) is 0.176. The lowest BCUT2D eigenvalue weighted by Crippen LogP contribution is -2.27. The van der Waals surface area contributed by atoms with Crippen LogP contribution in [-0.2, 0) is 4.74 Å². The Morgan fingerprint density at radius 2 is 2.00 bits per heavy atom. The molecule has 0 spiro atoms. The number of hydrogen-bond acceptors (Lipinski definition) is 1. The largest absolute Gasteiger partial charge is 0.375 e. The lowest BCUT2D eigenvalue weighted by molar-refractivity contribution is 0.00782. The van der Waals surface area contributed by atoms with Crippen molar-refractivity contribution in [3.63, 3.8) is 0 Å². The van der Waals surface area contributed by atoms with Crippen molar-refractivity contribution in [1.82, 2.24) is 0 Å². The van der Waals surface area contributed by atoms with Gasteiger partial charge in [-0.3, -0.25) is 0 Å². The normalized spacial score (nSPS) is 47.7. The van der Waals surface area contributed by atoms with Crippen LogP contribution in [0.4, 0.5) is 0 Å². The van der Waals surface area contributed by atoms with E-state index in [1.54, 1.807) is 0 Å². The third-order valence-corrected chi connectivity index (χ3v) is 3.72. The van der Waals surface area contributed by atoms with Crippen LogP contribution in [0.5, 0.6) is 0 Å². The minimum Gasteiger partial charge on any atom is -0.375 e. The van der Waals surface area contributed by atoms with Gasteiger partial charge in [-0.25, -0.2) is 0 Å². The minimum absolute atomic E-state index is 0.176. The Morgan fingerprint density at radius 1 is 1.27 bits per heavy atom. The predicted molar refractivity (Wildman–Crippen MR) is 45.4 cm³/mol. The van der Waals surface area contributed by atoms with Crippen LogP contribution < -0.4 is 0 Å². The van der Waals surface area contributed by atoms with E-state index in [-0.39, 0.29) is 5.60 Å². The summed E-state index contributed by atoms with van der Waals surface area (Å²) in [4.78, 5) is 0. The van der Waals surface area contributed by atoms with Crippen LogP contribution in [0.15, 0.2) is 0 Å². The van der Waals surface area contributed by atoms with E-state index in [0.29, 0.717) is 0 Å². The first-order valence-electron chi connectivity index (χ1n) is 4.75. The van der Waals surface area contributed by atoms with Gasteiger partial charge < -0.3 is 4.74 Å². The first kappa shape index (κ1) is 7.60. The molecule has 0 amide bonds. The SMILES string of the molecule is C[C@@H]1CC[C@H]2[C@@H]1COC2(C)C. The van der Waals surface area contributed by atoms with Gasteiger partial charge in [0.05, 0.1) is 12.2 Å². The molecule has 0 radical (unpaired) electrons. The van der Waals surface area contributed by atoms with Gasteiger partial charge in [0.2, 0.25) is 0 Å². The van der Waals surface area contributed by atoms with Crippen LogP contribution in [-0.4, -0.2) is 12.2 Å². The molecule has 2 rings (SSSR count). The van der Waals surface area contributed by atoms with Crippen molar-refractivity contribution in [2.24, 2.45) is 17.8 Å². The third kappa shape index (κ3) is 1.01. The van der Waals surface area contributed by atoms with E-state index < -0.39 is 0 Å². The van der Waals surface area contributed by atoms with Crippen molar-refractivity contribution in [2.45, 2.75) is 39.2 Å². The lowest BCUT2D eigenvalue weighted by Gasteiger charge is -2.24. The summed E-state index contributed by atoms with van der Waals surface area (Å²) in [5.74, 6) is 2.62. The highest BCUT2D eigenvalue weighted by Crippen LogP contribution is 2.48. The molecule has 64 valence electrons. The van der Waals surface area contributed by atoms with Crippen LogP contribution in [0.2, 0.25) is 0 Å². The molecular formula is C10H18O. The van der Waals surface area contributed by atoms with Gasteiger partial charge in [-0.2, -0.15) is 0 Å². The van der Waals surface area contributed by atoms with Gasteiger partial charge in [0, 0.05) is 0 Å². The van der Waals surface area contributed by atoms with Gasteiger partial charge in [-0.15, -0.1) is 0 Å². The number of hydrogen-bond donors (Lipinski definition) is 0. The second-order valence-electron chi connectivity index (χ2n) is 4.74. The van der Waals surface area contributed by atoms with Gasteiger partial charge in [0.1, 0.15) is 0 Å². The predicted octanol–water partition coefficient (Wildman–Crippen LogP) is 2.46. The Morgan fingerprint density at radius 3 is 2.64 bits per heavy atom.